The van der Waals surface area contributed by atoms with Crippen molar-refractivity contribution in [1.82, 2.24) is 5.32 Å². The van der Waals surface area contributed by atoms with Crippen molar-refractivity contribution in [3.05, 3.63) is 0 Å². The quantitative estimate of drug-likeness (QED) is 0.142. The van der Waals surface area contributed by atoms with Gasteiger partial charge in [0.25, 0.3) is 0 Å². The topological polar surface area (TPSA) is 64.6 Å². The molecule has 21 heavy (non-hydrogen) atoms. The van der Waals surface area contributed by atoms with Crippen molar-refractivity contribution in [2.75, 3.05) is 38.4 Å². The van der Waals surface area contributed by atoms with Crippen LogP contribution in [-0.4, -0.2) is 60.3 Å². The molecule has 0 spiro atoms. The summed E-state index contributed by atoms with van der Waals surface area (Å²) in [7, 11) is 4.41. The maximum Gasteiger partial charge on any atom is 0.203 e. The van der Waals surface area contributed by atoms with E-state index in [0.717, 1.165) is 0 Å². The fourth-order valence-corrected chi connectivity index (χ4v) is 3.62. The first-order chi connectivity index (χ1) is 10.3. The highest BCUT2D eigenvalue weighted by atomic mass is 127. The molecule has 0 fully saturated rings. The molecule has 2 atom stereocenters. The molecule has 0 rings (SSSR count). The minimum absolute atomic E-state index is 0.00266. The molecule has 0 aliphatic carbocycles. The zero-order chi connectivity index (χ0) is 17.0. The third-order valence-electron chi connectivity index (χ3n) is 2.25. The van der Waals surface area contributed by atoms with E-state index in [2.05, 4.69) is 5.32 Å². The number of hydrogen-bond donors (Lipinski definition) is 1. The van der Waals surface area contributed by atoms with Crippen LogP contribution in [0.15, 0.2) is 0 Å². The van der Waals surface area contributed by atoms with Crippen molar-refractivity contribution >= 4 is 55.7 Å². The van der Waals surface area contributed by atoms with Crippen molar-refractivity contribution in [3.63, 3.8) is 0 Å². The summed E-state index contributed by atoms with van der Waals surface area (Å²) < 4.78 is 27.9. The van der Waals surface area contributed by atoms with Crippen molar-refractivity contribution in [1.29, 1.82) is 0 Å². The summed E-state index contributed by atoms with van der Waals surface area (Å²) in [5.74, 6) is 0.801. The zero-order valence-corrected chi connectivity index (χ0v) is 15.8. The van der Waals surface area contributed by atoms with Gasteiger partial charge in [-0.2, -0.15) is 0 Å². The molecule has 0 aliphatic rings. The molecule has 0 radical (unpaired) electrons. The fraction of sp³-hybridized carbons (Fsp3) is 0.833. The highest BCUT2D eigenvalue weighted by Gasteiger charge is 2.16. The van der Waals surface area contributed by atoms with Gasteiger partial charge in [-0.05, 0) is 29.5 Å². The molecule has 0 aromatic rings. The molecule has 0 bridgehead atoms. The molecule has 0 saturated heterocycles. The van der Waals surface area contributed by atoms with Crippen LogP contribution >= 0.6 is 44.2 Å². The van der Waals surface area contributed by atoms with Gasteiger partial charge in [-0.3, -0.25) is 14.9 Å². The summed E-state index contributed by atoms with van der Waals surface area (Å²) in [4.78, 5) is 22.6. The van der Waals surface area contributed by atoms with Crippen LogP contribution in [-0.2, 0) is 19.1 Å². The molecular formula is C12H21FINO4S2. The van der Waals surface area contributed by atoms with E-state index < -0.39 is 10.3 Å². The standard InChI is InChI=1S/C12H21FINO4S2/c1-9(16)11(15-12(13)14)8-21-20-6-5-19-7-10(17)3-4-18-2/h11-12,15H,3-8H2,1-2H3/i12T. The van der Waals surface area contributed by atoms with Gasteiger partial charge in [0.05, 0.1) is 20.6 Å². The van der Waals surface area contributed by atoms with Gasteiger partial charge in [-0.25, -0.2) is 4.39 Å². The van der Waals surface area contributed by atoms with Gasteiger partial charge in [0.2, 0.25) is 4.28 Å². The summed E-state index contributed by atoms with van der Waals surface area (Å²) in [6.45, 7) is 2.26. The smallest absolute Gasteiger partial charge is 0.203 e. The molecule has 0 amide bonds. The fourth-order valence-electron chi connectivity index (χ4n) is 1.13. The van der Waals surface area contributed by atoms with Crippen molar-refractivity contribution in [2.45, 2.75) is 23.7 Å². The Hall–Kier alpha value is 0.580. The molecule has 0 aliphatic heterocycles. The van der Waals surface area contributed by atoms with Gasteiger partial charge in [0.1, 0.15) is 12.4 Å². The Labute approximate surface area is 147 Å². The first-order valence-corrected chi connectivity index (χ1v) is 9.81. The number of Topliss-reactive ketones (excluding diaryl/α,β-unsaturated/α-hetero) is 2. The molecule has 124 valence electrons. The lowest BCUT2D eigenvalue weighted by atomic mass is 10.2. The predicted octanol–water partition coefficient (Wildman–Crippen LogP) is 2.23. The van der Waals surface area contributed by atoms with Crippen LogP contribution in [0.5, 0.6) is 0 Å². The van der Waals surface area contributed by atoms with Gasteiger partial charge < -0.3 is 9.47 Å². The molecule has 1 N–H and O–H groups in total. The number of carbonyl (C=O) groups excluding carboxylic acids is 2. The molecule has 2 unspecified atom stereocenters. The number of methoxy groups -OCH3 is 1. The van der Waals surface area contributed by atoms with Gasteiger partial charge in [0, 0.05) is 25.0 Å². The predicted molar refractivity (Wildman–Crippen MR) is 93.8 cm³/mol. The average molecular weight is 455 g/mol. The number of halogens is 2. The van der Waals surface area contributed by atoms with Crippen LogP contribution < -0.4 is 5.32 Å². The second-order valence-electron chi connectivity index (χ2n) is 4.01. The number of hydrogen-bond acceptors (Lipinski definition) is 7. The molecule has 0 aromatic carbocycles. The van der Waals surface area contributed by atoms with E-state index >= 15 is 0 Å². The lowest BCUT2D eigenvalue weighted by molar-refractivity contribution is -0.124. The van der Waals surface area contributed by atoms with Crippen molar-refractivity contribution in [3.8, 4) is 0 Å². The van der Waals surface area contributed by atoms with Crippen LogP contribution in [0.4, 0.5) is 4.39 Å². The van der Waals surface area contributed by atoms with E-state index in [1.165, 1.54) is 58.2 Å². The summed E-state index contributed by atoms with van der Waals surface area (Å²) in [5, 5.41) is 2.31. The van der Waals surface area contributed by atoms with E-state index in [9.17, 15) is 14.0 Å². The van der Waals surface area contributed by atoms with E-state index in [0.29, 0.717) is 31.1 Å². The number of ketones is 2. The lowest BCUT2D eigenvalue weighted by Crippen LogP contribution is -2.39. The number of carbonyl (C=O) groups is 2. The minimum Gasteiger partial charge on any atom is -0.384 e. The van der Waals surface area contributed by atoms with Gasteiger partial charge in [-0.1, -0.05) is 21.6 Å². The summed E-state index contributed by atoms with van der Waals surface area (Å²) in [6, 6.07) is -0.701. The average Bonchev–Trinajstić information content (AvgIpc) is 2.41. The van der Waals surface area contributed by atoms with E-state index in [-0.39, 0.29) is 18.2 Å². The second-order valence-corrected chi connectivity index (χ2v) is 7.58. The minimum atomic E-state index is -2.36. The Kier molecular flexibility index (Phi) is 13.3. The summed E-state index contributed by atoms with van der Waals surface area (Å²) in [6.07, 6.45) is 0.346. The number of rotatable bonds is 14. The number of ether oxygens (including phenoxy) is 2. The monoisotopic (exact) mass is 455 g/mol. The Bertz CT molecular complexity index is 348. The largest absolute Gasteiger partial charge is 0.384 e. The lowest BCUT2D eigenvalue weighted by Gasteiger charge is -2.15. The Morgan fingerprint density at radius 2 is 2.14 bits per heavy atom. The van der Waals surface area contributed by atoms with Gasteiger partial charge in [0.15, 0.2) is 5.78 Å². The van der Waals surface area contributed by atoms with E-state index in [1.807, 2.05) is 0 Å². The van der Waals surface area contributed by atoms with Crippen LogP contribution in [0.1, 0.15) is 14.7 Å². The normalized spacial score (nSPS) is 16.1. The highest BCUT2D eigenvalue weighted by Crippen LogP contribution is 2.22. The van der Waals surface area contributed by atoms with Crippen LogP contribution in [0.2, 0.25) is 0 Å². The SMILES string of the molecule is [3H]C(F)(I)NC(CSSCCOCC(=O)CCOC)C(C)=O. The van der Waals surface area contributed by atoms with Crippen LogP contribution in [0.3, 0.4) is 0 Å². The van der Waals surface area contributed by atoms with Crippen molar-refractivity contribution < 1.29 is 24.8 Å². The molecule has 0 aromatic heterocycles. The third-order valence-corrected chi connectivity index (χ3v) is 4.94. The first-order valence-electron chi connectivity index (χ1n) is 6.75. The number of nitrogens with one attached hydrogen (secondary N) is 1. The van der Waals surface area contributed by atoms with Crippen molar-refractivity contribution in [2.24, 2.45) is 0 Å². The highest BCUT2D eigenvalue weighted by molar-refractivity contribution is 14.1. The molecule has 0 saturated carbocycles. The summed E-state index contributed by atoms with van der Waals surface area (Å²) >= 11 is 1.28. The second kappa shape index (κ2) is 14.2. The zero-order valence-electron chi connectivity index (χ0n) is 13.0. The summed E-state index contributed by atoms with van der Waals surface area (Å²) in [5.41, 5.74) is 0. The molecule has 5 nitrogen and oxygen atoms in total. The maximum atomic E-state index is 13.2. The molecule has 9 heteroatoms. The molecular weight excluding hydrogens is 432 g/mol. The first kappa shape index (κ1) is 19.6. The van der Waals surface area contributed by atoms with Crippen LogP contribution in [0, 0.1) is 0 Å². The Balaban J connectivity index is 3.66. The Morgan fingerprint density at radius 1 is 1.43 bits per heavy atom. The van der Waals surface area contributed by atoms with Crippen LogP contribution in [0.25, 0.3) is 0 Å². The van der Waals surface area contributed by atoms with E-state index in [4.69, 9.17) is 10.8 Å². The van der Waals surface area contributed by atoms with Gasteiger partial charge in [-0.15, -0.1) is 0 Å². The number of alkyl halides is 2. The van der Waals surface area contributed by atoms with Gasteiger partial charge >= 0.3 is 0 Å². The maximum absolute atomic E-state index is 13.2. The molecule has 0 heterocycles. The Morgan fingerprint density at radius 3 is 2.71 bits per heavy atom. The third kappa shape index (κ3) is 13.9. The van der Waals surface area contributed by atoms with E-state index in [1.54, 1.807) is 0 Å².